The highest BCUT2D eigenvalue weighted by molar-refractivity contribution is 6.30. The minimum atomic E-state index is 0.609. The number of anilines is 2. The number of hydrogen-bond donors (Lipinski definition) is 0. The fourth-order valence-electron chi connectivity index (χ4n) is 2.72. The number of para-hydroxylation sites is 1. The van der Waals surface area contributed by atoms with Crippen molar-refractivity contribution in [2.24, 2.45) is 0 Å². The van der Waals surface area contributed by atoms with Gasteiger partial charge in [0.25, 0.3) is 0 Å². The number of hydrogen-bond acceptors (Lipinski definition) is 3. The van der Waals surface area contributed by atoms with Gasteiger partial charge in [-0.05, 0) is 30.3 Å². The lowest BCUT2D eigenvalue weighted by Crippen LogP contribution is -2.46. The second-order valence-electron chi connectivity index (χ2n) is 5.08. The van der Waals surface area contributed by atoms with E-state index in [1.807, 2.05) is 18.2 Å². The van der Waals surface area contributed by atoms with Gasteiger partial charge in [0.15, 0.2) is 0 Å². The molecule has 4 heteroatoms. The fraction of sp³-hybridized carbons (Fsp3) is 0.235. The SMILES string of the molecule is N#Cc1cc(Cl)ccc1N1CCN(c2ccccc2)CC1. The van der Waals surface area contributed by atoms with Crippen LogP contribution in [-0.4, -0.2) is 26.2 Å². The zero-order valence-electron chi connectivity index (χ0n) is 11.7. The summed E-state index contributed by atoms with van der Waals surface area (Å²) in [6, 6.07) is 18.2. The zero-order chi connectivity index (χ0) is 14.7. The second-order valence-corrected chi connectivity index (χ2v) is 5.52. The van der Waals surface area contributed by atoms with E-state index in [4.69, 9.17) is 11.6 Å². The van der Waals surface area contributed by atoms with Crippen LogP contribution in [0.25, 0.3) is 0 Å². The van der Waals surface area contributed by atoms with E-state index in [0.717, 1.165) is 31.9 Å². The van der Waals surface area contributed by atoms with Crippen molar-refractivity contribution < 1.29 is 0 Å². The molecule has 21 heavy (non-hydrogen) atoms. The molecule has 0 amide bonds. The van der Waals surface area contributed by atoms with E-state index in [0.29, 0.717) is 10.6 Å². The van der Waals surface area contributed by atoms with Crippen LogP contribution in [0.5, 0.6) is 0 Å². The smallest absolute Gasteiger partial charge is 0.101 e. The minimum Gasteiger partial charge on any atom is -0.368 e. The molecule has 2 aromatic rings. The standard InChI is InChI=1S/C17H16ClN3/c18-15-6-7-17(14(12-15)13-19)21-10-8-20(9-11-21)16-4-2-1-3-5-16/h1-7,12H,8-11H2. The van der Waals surface area contributed by atoms with Crippen molar-refractivity contribution in [3.8, 4) is 6.07 Å². The van der Waals surface area contributed by atoms with Gasteiger partial charge in [-0.2, -0.15) is 5.26 Å². The summed E-state index contributed by atoms with van der Waals surface area (Å²) in [5, 5.41) is 9.87. The zero-order valence-corrected chi connectivity index (χ0v) is 12.4. The molecule has 1 aliphatic heterocycles. The Morgan fingerprint density at radius 3 is 2.24 bits per heavy atom. The van der Waals surface area contributed by atoms with Crippen LogP contribution in [0.1, 0.15) is 5.56 Å². The van der Waals surface area contributed by atoms with Gasteiger partial charge >= 0.3 is 0 Å². The average molecular weight is 298 g/mol. The van der Waals surface area contributed by atoms with E-state index >= 15 is 0 Å². The van der Waals surface area contributed by atoms with Crippen LogP contribution in [0.2, 0.25) is 5.02 Å². The molecule has 0 spiro atoms. The molecule has 1 fully saturated rings. The van der Waals surface area contributed by atoms with Crippen molar-refractivity contribution in [2.75, 3.05) is 36.0 Å². The topological polar surface area (TPSA) is 30.3 Å². The van der Waals surface area contributed by atoms with Crippen LogP contribution in [-0.2, 0) is 0 Å². The maximum absolute atomic E-state index is 9.26. The monoisotopic (exact) mass is 297 g/mol. The summed E-state index contributed by atoms with van der Waals surface area (Å²) in [6.07, 6.45) is 0. The molecular formula is C17H16ClN3. The molecule has 0 bridgehead atoms. The van der Waals surface area contributed by atoms with Gasteiger partial charge in [0.2, 0.25) is 0 Å². The van der Waals surface area contributed by atoms with E-state index in [1.54, 1.807) is 6.07 Å². The fourth-order valence-corrected chi connectivity index (χ4v) is 2.89. The summed E-state index contributed by atoms with van der Waals surface area (Å²) in [4.78, 5) is 4.63. The highest BCUT2D eigenvalue weighted by Gasteiger charge is 2.19. The van der Waals surface area contributed by atoms with E-state index < -0.39 is 0 Å². The summed E-state index contributed by atoms with van der Waals surface area (Å²) >= 11 is 5.96. The third-order valence-corrected chi connectivity index (χ3v) is 4.06. The van der Waals surface area contributed by atoms with Gasteiger partial charge in [0, 0.05) is 36.9 Å². The summed E-state index contributed by atoms with van der Waals surface area (Å²) in [5.41, 5.74) is 2.89. The second kappa shape index (κ2) is 6.07. The third-order valence-electron chi connectivity index (χ3n) is 3.82. The van der Waals surface area contributed by atoms with Crippen LogP contribution >= 0.6 is 11.6 Å². The van der Waals surface area contributed by atoms with Gasteiger partial charge in [0.1, 0.15) is 6.07 Å². The van der Waals surface area contributed by atoms with Gasteiger partial charge in [-0.25, -0.2) is 0 Å². The lowest BCUT2D eigenvalue weighted by molar-refractivity contribution is 0.653. The molecule has 0 N–H and O–H groups in total. The van der Waals surface area contributed by atoms with Gasteiger partial charge in [-0.1, -0.05) is 29.8 Å². The lowest BCUT2D eigenvalue weighted by Gasteiger charge is -2.37. The normalized spacial score (nSPS) is 14.9. The molecule has 3 nitrogen and oxygen atoms in total. The van der Waals surface area contributed by atoms with Gasteiger partial charge in [-0.3, -0.25) is 0 Å². The Labute approximate surface area is 130 Å². The molecular weight excluding hydrogens is 282 g/mol. The van der Waals surface area contributed by atoms with Crippen LogP contribution in [0.3, 0.4) is 0 Å². The molecule has 0 aliphatic carbocycles. The van der Waals surface area contributed by atoms with Crippen molar-refractivity contribution in [3.63, 3.8) is 0 Å². The number of nitrogens with zero attached hydrogens (tertiary/aromatic N) is 3. The first-order chi connectivity index (χ1) is 10.3. The van der Waals surface area contributed by atoms with Crippen LogP contribution < -0.4 is 9.80 Å². The highest BCUT2D eigenvalue weighted by Crippen LogP contribution is 2.26. The summed E-state index contributed by atoms with van der Waals surface area (Å²) in [5.74, 6) is 0. The number of halogens is 1. The van der Waals surface area contributed by atoms with Crippen molar-refractivity contribution in [1.82, 2.24) is 0 Å². The molecule has 1 aliphatic rings. The quantitative estimate of drug-likeness (QED) is 0.849. The van der Waals surface area contributed by atoms with Crippen molar-refractivity contribution in [1.29, 1.82) is 5.26 Å². The van der Waals surface area contributed by atoms with Crippen LogP contribution in [0.4, 0.5) is 11.4 Å². The molecule has 0 saturated carbocycles. The maximum Gasteiger partial charge on any atom is 0.101 e. The van der Waals surface area contributed by atoms with Gasteiger partial charge in [-0.15, -0.1) is 0 Å². The number of rotatable bonds is 2. The van der Waals surface area contributed by atoms with Crippen molar-refractivity contribution in [3.05, 3.63) is 59.1 Å². The lowest BCUT2D eigenvalue weighted by atomic mass is 10.1. The molecule has 2 aromatic carbocycles. The average Bonchev–Trinajstić information content (AvgIpc) is 2.56. The third kappa shape index (κ3) is 2.96. The highest BCUT2D eigenvalue weighted by atomic mass is 35.5. The van der Waals surface area contributed by atoms with Gasteiger partial charge < -0.3 is 9.80 Å². The van der Waals surface area contributed by atoms with E-state index in [1.165, 1.54) is 5.69 Å². The Morgan fingerprint density at radius 1 is 0.905 bits per heavy atom. The van der Waals surface area contributed by atoms with Crippen LogP contribution in [0.15, 0.2) is 48.5 Å². The molecule has 0 atom stereocenters. The van der Waals surface area contributed by atoms with Crippen molar-refractivity contribution in [2.45, 2.75) is 0 Å². The Morgan fingerprint density at radius 2 is 1.57 bits per heavy atom. The van der Waals surface area contributed by atoms with Gasteiger partial charge in [0.05, 0.1) is 11.3 Å². The molecule has 0 aromatic heterocycles. The molecule has 0 radical (unpaired) electrons. The largest absolute Gasteiger partial charge is 0.368 e. The predicted molar refractivity (Wildman–Crippen MR) is 87.0 cm³/mol. The Bertz CT molecular complexity index is 655. The molecule has 1 saturated heterocycles. The number of benzene rings is 2. The summed E-state index contributed by atoms with van der Waals surface area (Å²) in [6.45, 7) is 3.73. The molecule has 3 rings (SSSR count). The summed E-state index contributed by atoms with van der Waals surface area (Å²) in [7, 11) is 0. The van der Waals surface area contributed by atoms with Crippen molar-refractivity contribution >= 4 is 23.0 Å². The maximum atomic E-state index is 9.26. The van der Waals surface area contributed by atoms with Crippen LogP contribution in [0, 0.1) is 11.3 Å². The Balaban J connectivity index is 1.73. The predicted octanol–water partition coefficient (Wildman–Crippen LogP) is 3.54. The minimum absolute atomic E-state index is 0.609. The summed E-state index contributed by atoms with van der Waals surface area (Å²) < 4.78 is 0. The number of nitriles is 1. The van der Waals surface area contributed by atoms with E-state index in [-0.39, 0.29) is 0 Å². The Kier molecular flexibility index (Phi) is 3.98. The number of piperazine rings is 1. The van der Waals surface area contributed by atoms with E-state index in [9.17, 15) is 5.26 Å². The first-order valence-corrected chi connectivity index (χ1v) is 7.40. The first-order valence-electron chi connectivity index (χ1n) is 7.02. The van der Waals surface area contributed by atoms with E-state index in [2.05, 4.69) is 40.1 Å². The molecule has 0 unspecified atom stereocenters. The first kappa shape index (κ1) is 13.8. The molecule has 106 valence electrons. The molecule has 1 heterocycles. The Hall–Kier alpha value is -2.18.